The number of ether oxygens (including phenoxy) is 1. The lowest BCUT2D eigenvalue weighted by atomic mass is 9.94. The largest absolute Gasteiger partial charge is 0.378 e. The molecule has 0 bridgehead atoms. The summed E-state index contributed by atoms with van der Waals surface area (Å²) in [6.07, 6.45) is 5.92. The van der Waals surface area contributed by atoms with Crippen molar-refractivity contribution in [1.82, 2.24) is 14.9 Å². The molecule has 3 aromatic rings. The van der Waals surface area contributed by atoms with Crippen molar-refractivity contribution < 1.29 is 9.53 Å². The highest BCUT2D eigenvalue weighted by Crippen LogP contribution is 2.37. The number of morpholine rings is 1. The van der Waals surface area contributed by atoms with E-state index in [1.165, 1.54) is 11.4 Å². The van der Waals surface area contributed by atoms with Crippen molar-refractivity contribution >= 4 is 34.8 Å². The van der Waals surface area contributed by atoms with Gasteiger partial charge in [-0.1, -0.05) is 35.3 Å². The predicted octanol–water partition coefficient (Wildman–Crippen LogP) is 5.17. The average molecular weight is 525 g/mol. The number of hydrogen-bond donors (Lipinski definition) is 1. The summed E-state index contributed by atoms with van der Waals surface area (Å²) < 4.78 is 5.45. The maximum Gasteiger partial charge on any atom is 0.226 e. The molecule has 2 atom stereocenters. The number of likely N-dealkylation sites (tertiary alicyclic amines) is 1. The zero-order valence-corrected chi connectivity index (χ0v) is 21.7. The Morgan fingerprint density at radius 3 is 2.50 bits per heavy atom. The molecule has 1 N–H and O–H groups in total. The number of nitrogens with one attached hydrogen (secondary N) is 1. The molecule has 1 unspecified atom stereocenters. The number of rotatable bonds is 5. The lowest BCUT2D eigenvalue weighted by Crippen LogP contribution is -2.41. The minimum atomic E-state index is -0.0840. The van der Waals surface area contributed by atoms with Gasteiger partial charge in [0, 0.05) is 59.4 Å². The molecule has 6 rings (SSSR count). The van der Waals surface area contributed by atoms with Gasteiger partial charge in [-0.3, -0.25) is 4.79 Å². The summed E-state index contributed by atoms with van der Waals surface area (Å²) in [6, 6.07) is 12.7. The number of aryl methyl sites for hydroxylation is 1. The molecule has 2 aromatic carbocycles. The summed E-state index contributed by atoms with van der Waals surface area (Å²) in [5.41, 5.74) is 6.43. The summed E-state index contributed by atoms with van der Waals surface area (Å²) in [5.74, 6) is 0.133. The van der Waals surface area contributed by atoms with Gasteiger partial charge in [-0.05, 0) is 66.6 Å². The van der Waals surface area contributed by atoms with Crippen LogP contribution in [0.1, 0.15) is 29.8 Å². The maximum absolute atomic E-state index is 13.3. The van der Waals surface area contributed by atoms with Gasteiger partial charge in [0.25, 0.3) is 0 Å². The molecule has 1 amide bonds. The number of carbonyl (C=O) groups is 1. The fourth-order valence-corrected chi connectivity index (χ4v) is 6.50. The Hall–Kier alpha value is -2.54. The van der Waals surface area contributed by atoms with Crippen molar-refractivity contribution in [3.05, 3.63) is 69.7 Å². The van der Waals surface area contributed by atoms with E-state index in [0.717, 1.165) is 80.9 Å². The molecule has 2 fully saturated rings. The Kier molecular flexibility index (Phi) is 6.67. The first-order valence-electron chi connectivity index (χ1n) is 12.8. The highest BCUT2D eigenvalue weighted by Gasteiger charge is 2.38. The van der Waals surface area contributed by atoms with Gasteiger partial charge in [0.1, 0.15) is 0 Å². The van der Waals surface area contributed by atoms with Gasteiger partial charge < -0.3 is 19.5 Å². The molecule has 8 heteroatoms. The van der Waals surface area contributed by atoms with E-state index in [1.54, 1.807) is 6.33 Å². The Labute approximate surface area is 221 Å². The van der Waals surface area contributed by atoms with Crippen molar-refractivity contribution in [2.75, 3.05) is 37.7 Å². The van der Waals surface area contributed by atoms with E-state index in [1.807, 2.05) is 12.1 Å². The molecule has 2 aliphatic heterocycles. The molecular weight excluding hydrogens is 495 g/mol. The number of carbonyl (C=O) groups excluding carboxylic acids is 1. The van der Waals surface area contributed by atoms with E-state index in [0.29, 0.717) is 16.5 Å². The minimum Gasteiger partial charge on any atom is -0.378 e. The summed E-state index contributed by atoms with van der Waals surface area (Å²) >= 11 is 13.5. The quantitative estimate of drug-likeness (QED) is 0.500. The van der Waals surface area contributed by atoms with E-state index in [2.05, 4.69) is 44.0 Å². The number of halogens is 2. The second-order valence-electron chi connectivity index (χ2n) is 10.0. The topological polar surface area (TPSA) is 61.5 Å². The van der Waals surface area contributed by atoms with Crippen molar-refractivity contribution in [3.63, 3.8) is 0 Å². The van der Waals surface area contributed by atoms with Crippen molar-refractivity contribution in [2.45, 2.75) is 38.1 Å². The molecule has 0 spiro atoms. The number of amides is 1. The van der Waals surface area contributed by atoms with Crippen LogP contribution < -0.4 is 4.90 Å². The van der Waals surface area contributed by atoms with Crippen LogP contribution in [0.3, 0.4) is 0 Å². The smallest absolute Gasteiger partial charge is 0.226 e. The lowest BCUT2D eigenvalue weighted by molar-refractivity contribution is -0.133. The molecular formula is C28H30Cl2N4O2. The van der Waals surface area contributed by atoms with Gasteiger partial charge in [0.15, 0.2) is 0 Å². The fourth-order valence-electron chi connectivity index (χ4n) is 5.86. The van der Waals surface area contributed by atoms with Gasteiger partial charge >= 0.3 is 0 Å². The number of imidazole rings is 1. The van der Waals surface area contributed by atoms with Crippen LogP contribution in [-0.2, 0) is 28.8 Å². The normalized spacial score (nSPS) is 22.2. The van der Waals surface area contributed by atoms with Crippen LogP contribution in [0.15, 0.2) is 42.7 Å². The van der Waals surface area contributed by atoms with E-state index in [4.69, 9.17) is 27.9 Å². The van der Waals surface area contributed by atoms with E-state index in [-0.39, 0.29) is 17.9 Å². The van der Waals surface area contributed by atoms with E-state index >= 15 is 0 Å². The Morgan fingerprint density at radius 1 is 1.00 bits per heavy atom. The van der Waals surface area contributed by atoms with Gasteiger partial charge in [0.05, 0.1) is 25.2 Å². The van der Waals surface area contributed by atoms with Crippen molar-refractivity contribution in [3.8, 4) is 11.1 Å². The second-order valence-corrected chi connectivity index (χ2v) is 10.8. The molecule has 6 nitrogen and oxygen atoms in total. The van der Waals surface area contributed by atoms with Crippen LogP contribution in [0.2, 0.25) is 10.0 Å². The number of aromatic nitrogens is 2. The van der Waals surface area contributed by atoms with E-state index < -0.39 is 0 Å². The van der Waals surface area contributed by atoms with Crippen LogP contribution in [-0.4, -0.2) is 59.7 Å². The molecule has 3 heterocycles. The number of hydrogen-bond acceptors (Lipinski definition) is 4. The van der Waals surface area contributed by atoms with Crippen molar-refractivity contribution in [1.29, 1.82) is 0 Å². The zero-order chi connectivity index (χ0) is 24.6. The molecule has 1 aliphatic carbocycles. The third-order valence-electron chi connectivity index (χ3n) is 7.92. The SMILES string of the molecule is O=C1C(Cc2c(Cl)cc(-c3ccc(N4CCOCC4)cc3)cc2Cl)CCN1[C@@H]1CCc2[nH]cnc2C1. The molecule has 0 saturated carbocycles. The van der Waals surface area contributed by atoms with Crippen LogP contribution in [0, 0.1) is 5.92 Å². The third kappa shape index (κ3) is 4.62. The van der Waals surface area contributed by atoms with Gasteiger partial charge in [-0.2, -0.15) is 0 Å². The average Bonchev–Trinajstić information content (AvgIpc) is 3.52. The summed E-state index contributed by atoms with van der Waals surface area (Å²) in [6.45, 7) is 4.14. The summed E-state index contributed by atoms with van der Waals surface area (Å²) in [4.78, 5) is 25.4. The second kappa shape index (κ2) is 10.1. The standard InChI is InChI=1S/C28H30Cl2N4O2/c29-24-14-20(18-1-3-21(4-2-18)33-9-11-36-12-10-33)15-25(30)23(24)13-19-7-8-34(28(19)35)22-5-6-26-27(16-22)32-17-31-26/h1-4,14-15,17,19,22H,5-13,16H2,(H,31,32)/t19?,22-/m1/s1. The van der Waals surface area contributed by atoms with Crippen LogP contribution in [0.5, 0.6) is 0 Å². The maximum atomic E-state index is 13.3. The highest BCUT2D eigenvalue weighted by atomic mass is 35.5. The van der Waals surface area contributed by atoms with Gasteiger partial charge in [0.2, 0.25) is 5.91 Å². The first-order chi connectivity index (χ1) is 17.6. The number of aromatic amines is 1. The molecule has 0 radical (unpaired) electrons. The Morgan fingerprint density at radius 2 is 1.75 bits per heavy atom. The number of anilines is 1. The Balaban J connectivity index is 1.14. The molecule has 2 saturated heterocycles. The van der Waals surface area contributed by atoms with E-state index in [9.17, 15) is 4.79 Å². The van der Waals surface area contributed by atoms with Crippen molar-refractivity contribution in [2.24, 2.45) is 5.92 Å². The highest BCUT2D eigenvalue weighted by molar-refractivity contribution is 6.36. The minimum absolute atomic E-state index is 0.0840. The lowest BCUT2D eigenvalue weighted by Gasteiger charge is -2.31. The fraction of sp³-hybridized carbons (Fsp3) is 0.429. The summed E-state index contributed by atoms with van der Waals surface area (Å²) in [5, 5.41) is 1.25. The molecule has 188 valence electrons. The first-order valence-corrected chi connectivity index (χ1v) is 13.5. The molecule has 3 aliphatic rings. The Bertz CT molecular complexity index is 1230. The van der Waals surface area contributed by atoms with Gasteiger partial charge in [-0.25, -0.2) is 4.98 Å². The van der Waals surface area contributed by atoms with Crippen LogP contribution >= 0.6 is 23.2 Å². The monoisotopic (exact) mass is 524 g/mol. The number of nitrogens with zero attached hydrogens (tertiary/aromatic N) is 3. The van der Waals surface area contributed by atoms with Crippen LogP contribution in [0.25, 0.3) is 11.1 Å². The molecule has 36 heavy (non-hydrogen) atoms. The summed E-state index contributed by atoms with van der Waals surface area (Å²) in [7, 11) is 0. The third-order valence-corrected chi connectivity index (χ3v) is 8.60. The first kappa shape index (κ1) is 23.8. The number of H-pyrrole nitrogens is 1. The predicted molar refractivity (Wildman–Crippen MR) is 143 cm³/mol. The molecule has 1 aromatic heterocycles. The van der Waals surface area contributed by atoms with Gasteiger partial charge in [-0.15, -0.1) is 0 Å². The van der Waals surface area contributed by atoms with Crippen LogP contribution in [0.4, 0.5) is 5.69 Å². The zero-order valence-electron chi connectivity index (χ0n) is 20.2. The number of fused-ring (bicyclic) bond motifs is 1. The number of benzene rings is 2.